The van der Waals surface area contributed by atoms with Crippen molar-refractivity contribution >= 4 is 29.1 Å². The lowest BCUT2D eigenvalue weighted by Crippen LogP contribution is -2.09. The lowest BCUT2D eigenvalue weighted by Gasteiger charge is -2.11. The Morgan fingerprint density at radius 2 is 2.00 bits per heavy atom. The maximum Gasteiger partial charge on any atom is 0.200 e. The number of halogens is 1. The second-order valence-corrected chi connectivity index (χ2v) is 7.39. The molecule has 3 aromatic rings. The van der Waals surface area contributed by atoms with E-state index in [2.05, 4.69) is 24.0 Å². The molecule has 0 aliphatic heterocycles. The van der Waals surface area contributed by atoms with Crippen LogP contribution in [0.15, 0.2) is 52.2 Å². The highest BCUT2D eigenvalue weighted by molar-refractivity contribution is 7.99. The smallest absolute Gasteiger partial charge is 0.200 e. The summed E-state index contributed by atoms with van der Waals surface area (Å²) in [5.41, 5.74) is 0.637. The van der Waals surface area contributed by atoms with Gasteiger partial charge in [0.25, 0.3) is 0 Å². The fourth-order valence-corrected chi connectivity index (χ4v) is 3.33. The number of furan rings is 1. The van der Waals surface area contributed by atoms with E-state index in [4.69, 9.17) is 16.0 Å². The van der Waals surface area contributed by atoms with Crippen molar-refractivity contribution in [1.82, 2.24) is 14.8 Å². The first-order valence-corrected chi connectivity index (χ1v) is 9.29. The van der Waals surface area contributed by atoms with Crippen LogP contribution in [-0.2, 0) is 6.54 Å². The molecule has 0 atom stereocenters. The summed E-state index contributed by atoms with van der Waals surface area (Å²) in [7, 11) is 0. The van der Waals surface area contributed by atoms with Gasteiger partial charge in [-0.15, -0.1) is 10.2 Å². The molecule has 5 nitrogen and oxygen atoms in total. The van der Waals surface area contributed by atoms with E-state index in [1.165, 1.54) is 11.8 Å². The molecule has 0 spiro atoms. The van der Waals surface area contributed by atoms with Crippen molar-refractivity contribution in [1.29, 1.82) is 0 Å². The van der Waals surface area contributed by atoms with Crippen molar-refractivity contribution in [3.05, 3.63) is 53.2 Å². The van der Waals surface area contributed by atoms with Crippen molar-refractivity contribution in [3.8, 4) is 11.6 Å². The monoisotopic (exact) mass is 375 g/mol. The van der Waals surface area contributed by atoms with Gasteiger partial charge in [0, 0.05) is 17.1 Å². The molecule has 0 radical (unpaired) electrons. The maximum absolute atomic E-state index is 12.4. The van der Waals surface area contributed by atoms with Gasteiger partial charge in [0.2, 0.25) is 0 Å². The zero-order chi connectivity index (χ0) is 17.8. The Bertz CT molecular complexity index is 842. The molecule has 2 aromatic heterocycles. The van der Waals surface area contributed by atoms with Gasteiger partial charge in [-0.2, -0.15) is 0 Å². The Morgan fingerprint density at radius 3 is 2.64 bits per heavy atom. The van der Waals surface area contributed by atoms with Gasteiger partial charge in [-0.3, -0.25) is 9.36 Å². The first-order valence-electron chi connectivity index (χ1n) is 7.93. The van der Waals surface area contributed by atoms with Crippen molar-refractivity contribution in [2.24, 2.45) is 5.92 Å². The van der Waals surface area contributed by atoms with E-state index < -0.39 is 0 Å². The number of carbonyl (C=O) groups excluding carboxylic acids is 1. The van der Waals surface area contributed by atoms with Crippen LogP contribution in [0.3, 0.4) is 0 Å². The Balaban J connectivity index is 1.77. The third kappa shape index (κ3) is 4.32. The molecule has 0 saturated carbocycles. The molecule has 0 aliphatic rings. The molecule has 2 heterocycles. The number of aromatic nitrogens is 3. The third-order valence-electron chi connectivity index (χ3n) is 3.50. The zero-order valence-corrected chi connectivity index (χ0v) is 15.5. The number of carbonyl (C=O) groups is 1. The van der Waals surface area contributed by atoms with E-state index in [1.54, 1.807) is 30.5 Å². The molecular weight excluding hydrogens is 358 g/mol. The number of Topliss-reactive ketones (excluding diaryl/α,β-unsaturated/α-hetero) is 1. The van der Waals surface area contributed by atoms with E-state index in [0.29, 0.717) is 33.2 Å². The first-order chi connectivity index (χ1) is 12.0. The summed E-state index contributed by atoms with van der Waals surface area (Å²) in [5, 5.41) is 9.82. The number of rotatable bonds is 7. The normalized spacial score (nSPS) is 11.2. The highest BCUT2D eigenvalue weighted by Crippen LogP contribution is 2.26. The molecule has 0 fully saturated rings. The zero-order valence-electron chi connectivity index (χ0n) is 14.0. The number of nitrogens with zero attached hydrogens (tertiary/aromatic N) is 3. The van der Waals surface area contributed by atoms with Crippen LogP contribution in [0.1, 0.15) is 24.2 Å². The largest absolute Gasteiger partial charge is 0.461 e. The van der Waals surface area contributed by atoms with Crippen LogP contribution in [0.5, 0.6) is 0 Å². The Hall–Kier alpha value is -2.05. The summed E-state index contributed by atoms with van der Waals surface area (Å²) in [6.45, 7) is 5.00. The molecule has 0 bridgehead atoms. The summed E-state index contributed by atoms with van der Waals surface area (Å²) >= 11 is 7.24. The fraction of sp³-hybridized carbons (Fsp3) is 0.278. The molecule has 3 rings (SSSR count). The van der Waals surface area contributed by atoms with Crippen LogP contribution < -0.4 is 0 Å². The van der Waals surface area contributed by atoms with Gasteiger partial charge in [0.15, 0.2) is 22.5 Å². The van der Waals surface area contributed by atoms with Gasteiger partial charge in [-0.1, -0.05) is 37.2 Å². The summed E-state index contributed by atoms with van der Waals surface area (Å²) < 4.78 is 7.45. The van der Waals surface area contributed by atoms with Gasteiger partial charge in [0.05, 0.1) is 12.0 Å². The van der Waals surface area contributed by atoms with Gasteiger partial charge >= 0.3 is 0 Å². The molecule has 130 valence electrons. The fourth-order valence-electron chi connectivity index (χ4n) is 2.36. The topological polar surface area (TPSA) is 60.9 Å². The van der Waals surface area contributed by atoms with Gasteiger partial charge in [0.1, 0.15) is 0 Å². The predicted molar refractivity (Wildman–Crippen MR) is 99.1 cm³/mol. The van der Waals surface area contributed by atoms with Crippen LogP contribution in [0.25, 0.3) is 11.6 Å². The SMILES string of the molecule is CC(C)Cn1c(SCC(=O)c2ccc(Cl)cc2)nnc1-c1ccco1. The van der Waals surface area contributed by atoms with Crippen LogP contribution in [0.4, 0.5) is 0 Å². The van der Waals surface area contributed by atoms with Crippen molar-refractivity contribution in [2.45, 2.75) is 25.5 Å². The molecule has 1 aromatic carbocycles. The van der Waals surface area contributed by atoms with E-state index in [-0.39, 0.29) is 11.5 Å². The number of ketones is 1. The van der Waals surface area contributed by atoms with E-state index in [9.17, 15) is 4.79 Å². The number of hydrogen-bond acceptors (Lipinski definition) is 5. The number of benzene rings is 1. The quantitative estimate of drug-likeness (QED) is 0.437. The molecule has 0 unspecified atom stereocenters. The van der Waals surface area contributed by atoms with Crippen LogP contribution in [0.2, 0.25) is 5.02 Å². The molecule has 0 aliphatic carbocycles. The summed E-state index contributed by atoms with van der Waals surface area (Å²) in [6.07, 6.45) is 1.61. The minimum Gasteiger partial charge on any atom is -0.461 e. The number of thioether (sulfide) groups is 1. The van der Waals surface area contributed by atoms with E-state index in [1.807, 2.05) is 16.7 Å². The highest BCUT2D eigenvalue weighted by Gasteiger charge is 2.18. The second kappa shape index (κ2) is 7.89. The minimum atomic E-state index is 0.0281. The maximum atomic E-state index is 12.4. The highest BCUT2D eigenvalue weighted by atomic mass is 35.5. The van der Waals surface area contributed by atoms with Gasteiger partial charge in [-0.25, -0.2) is 0 Å². The summed E-state index contributed by atoms with van der Waals surface area (Å²) in [5.74, 6) is 2.08. The van der Waals surface area contributed by atoms with Crippen molar-refractivity contribution < 1.29 is 9.21 Å². The minimum absolute atomic E-state index is 0.0281. The average molecular weight is 376 g/mol. The molecular formula is C18H18ClN3O2S. The predicted octanol–water partition coefficient (Wildman–Crippen LogP) is 4.82. The lowest BCUT2D eigenvalue weighted by atomic mass is 10.1. The average Bonchev–Trinajstić information content (AvgIpc) is 3.22. The number of hydrogen-bond donors (Lipinski definition) is 0. The standard InChI is InChI=1S/C18H18ClN3O2S/c1-12(2)10-22-17(16-4-3-9-24-16)20-21-18(22)25-11-15(23)13-5-7-14(19)8-6-13/h3-9,12H,10-11H2,1-2H3. The lowest BCUT2D eigenvalue weighted by molar-refractivity contribution is 0.102. The van der Waals surface area contributed by atoms with Gasteiger partial charge in [-0.05, 0) is 42.3 Å². The Kier molecular flexibility index (Phi) is 5.60. The van der Waals surface area contributed by atoms with Crippen LogP contribution in [-0.4, -0.2) is 26.3 Å². The third-order valence-corrected chi connectivity index (χ3v) is 4.72. The van der Waals surface area contributed by atoms with Crippen LogP contribution >= 0.6 is 23.4 Å². The second-order valence-electron chi connectivity index (χ2n) is 6.01. The molecule has 25 heavy (non-hydrogen) atoms. The Morgan fingerprint density at radius 1 is 1.24 bits per heavy atom. The van der Waals surface area contributed by atoms with Crippen molar-refractivity contribution in [2.75, 3.05) is 5.75 Å². The van der Waals surface area contributed by atoms with E-state index >= 15 is 0 Å². The van der Waals surface area contributed by atoms with Crippen molar-refractivity contribution in [3.63, 3.8) is 0 Å². The molecule has 0 N–H and O–H groups in total. The molecule has 0 amide bonds. The first kappa shape index (κ1) is 17.8. The summed E-state index contributed by atoms with van der Waals surface area (Å²) in [4.78, 5) is 12.4. The Labute approximate surface area is 155 Å². The molecule has 7 heteroatoms. The molecule has 0 saturated heterocycles. The van der Waals surface area contributed by atoms with Crippen LogP contribution in [0, 0.1) is 5.92 Å². The van der Waals surface area contributed by atoms with E-state index in [0.717, 1.165) is 6.54 Å². The summed E-state index contributed by atoms with van der Waals surface area (Å²) in [6, 6.07) is 10.6. The van der Waals surface area contributed by atoms with Gasteiger partial charge < -0.3 is 4.42 Å².